The highest BCUT2D eigenvalue weighted by atomic mass is 35.5. The summed E-state index contributed by atoms with van der Waals surface area (Å²) in [7, 11) is 0. The van der Waals surface area contributed by atoms with E-state index in [9.17, 15) is 9.59 Å². The van der Waals surface area contributed by atoms with E-state index in [0.29, 0.717) is 25.0 Å². The Morgan fingerprint density at radius 3 is 2.58 bits per heavy atom. The Balaban J connectivity index is 1.68. The van der Waals surface area contributed by atoms with Gasteiger partial charge < -0.3 is 4.74 Å². The van der Waals surface area contributed by atoms with Gasteiger partial charge >= 0.3 is 5.97 Å². The number of ether oxygens (including phenoxy) is 1. The number of carbonyl (C=O) groups excluding carboxylic acids is 1. The van der Waals surface area contributed by atoms with Crippen molar-refractivity contribution >= 4 is 29.2 Å². The van der Waals surface area contributed by atoms with E-state index in [-0.39, 0.29) is 16.9 Å². The van der Waals surface area contributed by atoms with E-state index < -0.39 is 23.0 Å². The molecule has 1 aliphatic heterocycles. The van der Waals surface area contributed by atoms with Crippen molar-refractivity contribution in [1.29, 1.82) is 0 Å². The van der Waals surface area contributed by atoms with Crippen molar-refractivity contribution in [2.24, 2.45) is 0 Å². The number of benzene rings is 1. The van der Waals surface area contributed by atoms with Gasteiger partial charge in [-0.1, -0.05) is 65.7 Å². The molecule has 0 saturated heterocycles. The Kier molecular flexibility index (Phi) is 4.37. The predicted octanol–water partition coefficient (Wildman–Crippen LogP) is 3.83. The van der Waals surface area contributed by atoms with E-state index in [4.69, 9.17) is 27.9 Å². The van der Waals surface area contributed by atoms with Gasteiger partial charge in [0.15, 0.2) is 10.3 Å². The topological polar surface area (TPSA) is 61.2 Å². The zero-order valence-corrected chi connectivity index (χ0v) is 15.3. The van der Waals surface area contributed by atoms with Crippen LogP contribution >= 0.6 is 23.2 Å². The third-order valence-corrected chi connectivity index (χ3v) is 5.62. The molecule has 0 amide bonds. The number of esters is 1. The Hall–Kier alpha value is -2.11. The van der Waals surface area contributed by atoms with Crippen molar-refractivity contribution in [3.05, 3.63) is 74.4 Å². The summed E-state index contributed by atoms with van der Waals surface area (Å²) in [5, 5.41) is -0.0562. The van der Waals surface area contributed by atoms with E-state index in [1.807, 2.05) is 42.5 Å². The molecule has 7 heteroatoms. The summed E-state index contributed by atoms with van der Waals surface area (Å²) < 4.78 is 6.87. The van der Waals surface area contributed by atoms with E-state index in [1.165, 1.54) is 4.57 Å². The van der Waals surface area contributed by atoms with Gasteiger partial charge in [0.05, 0.1) is 5.69 Å². The number of halogens is 2. The lowest BCUT2D eigenvalue weighted by atomic mass is 9.80. The third-order valence-electron chi connectivity index (χ3n) is 5.11. The maximum atomic E-state index is 12.8. The molecule has 1 aliphatic carbocycles. The molecule has 1 atom stereocenters. The average molecular weight is 391 g/mol. The van der Waals surface area contributed by atoms with Gasteiger partial charge in [0.25, 0.3) is 5.56 Å². The first-order valence-corrected chi connectivity index (χ1v) is 9.11. The van der Waals surface area contributed by atoms with Crippen LogP contribution in [-0.4, -0.2) is 15.5 Å². The van der Waals surface area contributed by atoms with Gasteiger partial charge in [-0.3, -0.25) is 9.36 Å². The summed E-state index contributed by atoms with van der Waals surface area (Å²) in [6.07, 6.45) is 5.94. The molecular formula is C19H16Cl2N2O3. The second-order valence-electron chi connectivity index (χ2n) is 6.69. The van der Waals surface area contributed by atoms with Gasteiger partial charge in [-0.2, -0.15) is 0 Å². The van der Waals surface area contributed by atoms with Crippen molar-refractivity contribution in [3.8, 4) is 0 Å². The van der Waals surface area contributed by atoms with Crippen LogP contribution in [0.15, 0.2) is 47.3 Å². The van der Waals surface area contributed by atoms with Crippen molar-refractivity contribution in [3.63, 3.8) is 0 Å². The largest absolute Gasteiger partial charge is 0.459 e. The lowest BCUT2D eigenvalue weighted by molar-refractivity contribution is -0.149. The molecule has 0 saturated carbocycles. The van der Waals surface area contributed by atoms with E-state index in [2.05, 4.69) is 4.98 Å². The van der Waals surface area contributed by atoms with Crippen LogP contribution in [0.2, 0.25) is 10.3 Å². The third kappa shape index (κ3) is 2.75. The van der Waals surface area contributed by atoms with Gasteiger partial charge in [0.1, 0.15) is 12.6 Å². The number of allylic oxidation sites excluding steroid dienone is 2. The van der Waals surface area contributed by atoms with Crippen LogP contribution in [0, 0.1) is 0 Å². The minimum absolute atomic E-state index is 0.151. The van der Waals surface area contributed by atoms with Crippen LogP contribution in [0.5, 0.6) is 0 Å². The van der Waals surface area contributed by atoms with Gasteiger partial charge in [0, 0.05) is 5.41 Å². The second-order valence-corrected chi connectivity index (χ2v) is 7.41. The van der Waals surface area contributed by atoms with Crippen LogP contribution in [0.3, 0.4) is 0 Å². The zero-order chi connectivity index (χ0) is 18.3. The number of hydrogen-bond acceptors (Lipinski definition) is 4. The van der Waals surface area contributed by atoms with Crippen molar-refractivity contribution in [2.75, 3.05) is 0 Å². The Bertz CT molecular complexity index is 945. The lowest BCUT2D eigenvalue weighted by Crippen LogP contribution is -2.30. The maximum absolute atomic E-state index is 12.8. The smallest absolute Gasteiger partial charge is 0.329 e. The van der Waals surface area contributed by atoms with E-state index >= 15 is 0 Å². The summed E-state index contributed by atoms with van der Waals surface area (Å²) >= 11 is 12.3. The van der Waals surface area contributed by atoms with Gasteiger partial charge in [-0.05, 0) is 24.8 Å². The maximum Gasteiger partial charge on any atom is 0.329 e. The number of carbonyl (C=O) groups is 1. The quantitative estimate of drug-likeness (QED) is 0.590. The molecule has 134 valence electrons. The number of hydrogen-bond donors (Lipinski definition) is 0. The highest BCUT2D eigenvalue weighted by molar-refractivity contribution is 6.32. The molecule has 4 rings (SSSR count). The lowest BCUT2D eigenvalue weighted by Gasteiger charge is -2.23. The first-order valence-electron chi connectivity index (χ1n) is 8.35. The molecule has 0 N–H and O–H groups in total. The standard InChI is InChI=1S/C19H16Cl2N2O3/c20-15-14-19(8-4-5-9-19)10-13(23(14)17(24)16(21)22-15)18(25)26-11-12-6-2-1-3-7-12/h1-7,13H,8-11H2/t13-/m0/s1. The molecule has 0 fully saturated rings. The SMILES string of the molecule is O=C(OCc1ccccc1)[C@@H]1CC2(CC=CC2)c2c(Cl)nc(Cl)c(=O)n21. The molecule has 0 unspecified atom stereocenters. The fourth-order valence-electron chi connectivity index (χ4n) is 3.89. The minimum atomic E-state index is -0.751. The molecule has 2 heterocycles. The number of nitrogens with zero attached hydrogens (tertiary/aromatic N) is 2. The first kappa shape index (κ1) is 17.3. The summed E-state index contributed by atoms with van der Waals surface area (Å²) in [6.45, 7) is 0.151. The molecule has 2 aromatic rings. The molecule has 1 aromatic carbocycles. The second kappa shape index (κ2) is 6.56. The highest BCUT2D eigenvalue weighted by Gasteiger charge is 2.50. The summed E-state index contributed by atoms with van der Waals surface area (Å²) in [6, 6.07) is 8.65. The molecule has 5 nitrogen and oxygen atoms in total. The van der Waals surface area contributed by atoms with E-state index in [1.54, 1.807) is 0 Å². The number of fused-ring (bicyclic) bond motifs is 2. The number of aromatic nitrogens is 2. The summed E-state index contributed by atoms with van der Waals surface area (Å²) in [5.74, 6) is -0.459. The Labute approximate surface area is 160 Å². The monoisotopic (exact) mass is 390 g/mol. The molecule has 2 aliphatic rings. The van der Waals surface area contributed by atoms with Gasteiger partial charge in [-0.15, -0.1) is 0 Å². The summed E-state index contributed by atoms with van der Waals surface area (Å²) in [5.41, 5.74) is 0.566. The minimum Gasteiger partial charge on any atom is -0.459 e. The number of rotatable bonds is 3. The Morgan fingerprint density at radius 2 is 1.88 bits per heavy atom. The molecule has 0 bridgehead atoms. The molecule has 1 spiro atoms. The highest BCUT2D eigenvalue weighted by Crippen LogP contribution is 2.50. The fourth-order valence-corrected chi connectivity index (χ4v) is 4.49. The van der Waals surface area contributed by atoms with Crippen molar-refractivity contribution in [1.82, 2.24) is 9.55 Å². The molecular weight excluding hydrogens is 375 g/mol. The van der Waals surface area contributed by atoms with Crippen molar-refractivity contribution in [2.45, 2.75) is 37.3 Å². The van der Waals surface area contributed by atoms with Gasteiger partial charge in [0.2, 0.25) is 0 Å². The normalized spacial score (nSPS) is 19.7. The van der Waals surface area contributed by atoms with Crippen LogP contribution in [0.25, 0.3) is 0 Å². The average Bonchev–Trinajstić information content (AvgIpc) is 3.24. The first-order chi connectivity index (χ1) is 12.5. The predicted molar refractivity (Wildman–Crippen MR) is 98.5 cm³/mol. The molecule has 1 aromatic heterocycles. The molecule has 26 heavy (non-hydrogen) atoms. The van der Waals surface area contributed by atoms with Gasteiger partial charge in [-0.25, -0.2) is 9.78 Å². The van der Waals surface area contributed by atoms with Crippen molar-refractivity contribution < 1.29 is 9.53 Å². The van der Waals surface area contributed by atoms with E-state index in [0.717, 1.165) is 5.56 Å². The summed E-state index contributed by atoms with van der Waals surface area (Å²) in [4.78, 5) is 29.4. The Morgan fingerprint density at radius 1 is 1.19 bits per heavy atom. The van der Waals surface area contributed by atoms with Crippen LogP contribution in [0.4, 0.5) is 0 Å². The van der Waals surface area contributed by atoms with Crippen LogP contribution < -0.4 is 5.56 Å². The van der Waals surface area contributed by atoms with Crippen LogP contribution in [0.1, 0.15) is 36.6 Å². The fraction of sp³-hybridized carbons (Fsp3) is 0.316. The van der Waals surface area contributed by atoms with Crippen LogP contribution in [-0.2, 0) is 21.6 Å². The molecule has 0 radical (unpaired) electrons. The zero-order valence-electron chi connectivity index (χ0n) is 13.8.